The second kappa shape index (κ2) is 47.4. The van der Waals surface area contributed by atoms with E-state index in [4.69, 9.17) is 34.4 Å². The van der Waals surface area contributed by atoms with Gasteiger partial charge in [0, 0.05) is 119 Å². The molecule has 2 aromatic carbocycles. The van der Waals surface area contributed by atoms with E-state index in [2.05, 4.69) is 36.9 Å². The van der Waals surface area contributed by atoms with Crippen molar-refractivity contribution in [1.82, 2.24) is 36.8 Å². The molecule has 616 valence electrons. The Morgan fingerprint density at radius 2 is 1.30 bits per heavy atom. The molecule has 3 fully saturated rings. The number of phenols is 2. The van der Waals surface area contributed by atoms with Gasteiger partial charge in [0.1, 0.15) is 23.3 Å². The number of carbonyl (C=O) groups excluding carboxylic acids is 16. The number of amides is 10. The summed E-state index contributed by atoms with van der Waals surface area (Å²) in [4.78, 5) is 246. The fraction of sp³-hybridized carbons (Fsp3) is 0.595. The molecule has 3 aliphatic heterocycles. The Kier molecular flexibility index (Phi) is 39.5. The van der Waals surface area contributed by atoms with Crippen LogP contribution in [0.3, 0.4) is 0 Å². The van der Waals surface area contributed by atoms with E-state index >= 15 is 19.2 Å². The Hall–Kier alpha value is -9.15. The molecule has 5 rings (SSSR count). The van der Waals surface area contributed by atoms with Gasteiger partial charge in [0.25, 0.3) is 0 Å². The number of aliphatic hydroxyl groups excluding tert-OH is 1. The van der Waals surface area contributed by atoms with E-state index in [1.165, 1.54) is 42.5 Å². The van der Waals surface area contributed by atoms with Crippen LogP contribution in [0, 0.1) is 39.1 Å². The van der Waals surface area contributed by atoms with Crippen molar-refractivity contribution >= 4 is 150 Å². The third-order valence-corrected chi connectivity index (χ3v) is 23.1. The number of nitrogens with zero attached hydrogens (tertiary/aromatic N) is 2. The molecule has 3 heterocycles. The summed E-state index contributed by atoms with van der Waals surface area (Å²) in [5, 5.41) is 57.5. The fourth-order valence-electron chi connectivity index (χ4n) is 13.6. The van der Waals surface area contributed by atoms with E-state index < -0.39 is 242 Å². The van der Waals surface area contributed by atoms with Crippen LogP contribution in [0.4, 0.5) is 4.79 Å². The number of guanidine groups is 1. The Bertz CT molecular complexity index is 3750. The molecule has 35 nitrogen and oxygen atoms in total. The predicted octanol–water partition coefficient (Wildman–Crippen LogP) is 0.130. The van der Waals surface area contributed by atoms with Gasteiger partial charge >= 0.3 is 12.0 Å². The number of carbonyl (C=O) groups is 17. The van der Waals surface area contributed by atoms with Crippen molar-refractivity contribution in [2.24, 2.45) is 74.9 Å². The minimum atomic E-state index is -1.82. The number of halogens is 1. The van der Waals surface area contributed by atoms with Gasteiger partial charge in [-0.25, -0.2) is 4.79 Å². The molecule has 22 N–H and O–H groups in total. The number of phenolic OH excluding ortho intramolecular Hbond substituents is 2. The average Bonchev–Trinajstić information content (AvgIpc) is 1.60. The van der Waals surface area contributed by atoms with Gasteiger partial charge in [0.2, 0.25) is 47.3 Å². The second-order valence-electron chi connectivity index (χ2n) is 28.6. The number of fused-ring (bicyclic) bond motifs is 9. The number of benzene rings is 2. The molecule has 38 heteroatoms. The molecule has 0 aliphatic carbocycles. The van der Waals surface area contributed by atoms with Gasteiger partial charge in [-0.05, 0) is 142 Å². The van der Waals surface area contributed by atoms with Crippen LogP contribution in [0.2, 0.25) is 0 Å². The summed E-state index contributed by atoms with van der Waals surface area (Å²) in [6.07, 6.45) is -9.09. The maximum absolute atomic E-state index is 15.4. The van der Waals surface area contributed by atoms with Gasteiger partial charge in [-0.15, -0.1) is 0 Å². The molecule has 0 saturated carbocycles. The number of aliphatic imine (C=N–C) groups is 1. The number of aliphatic carboxylic acids is 1. The number of hydrogen-bond acceptors (Lipinski definition) is 24. The molecule has 112 heavy (non-hydrogen) atoms. The first-order chi connectivity index (χ1) is 53.0. The molecule has 10 amide bonds. The van der Waals surface area contributed by atoms with E-state index in [-0.39, 0.29) is 145 Å². The molecule has 0 radical (unpaired) electrons. The molecule has 0 unspecified atom stereocenters. The van der Waals surface area contributed by atoms with Crippen LogP contribution in [-0.2, 0) is 89.6 Å². The lowest BCUT2D eigenvalue weighted by atomic mass is 9.88. The predicted molar refractivity (Wildman–Crippen MR) is 419 cm³/mol. The summed E-state index contributed by atoms with van der Waals surface area (Å²) in [7, 11) is 1.83. The van der Waals surface area contributed by atoms with Crippen molar-refractivity contribution in [2.45, 2.75) is 203 Å². The summed E-state index contributed by atoms with van der Waals surface area (Å²) in [6, 6.07) is -0.286. The van der Waals surface area contributed by atoms with Gasteiger partial charge in [-0.3, -0.25) is 81.7 Å². The molecule has 13 atom stereocenters. The number of aliphatic hydroxyl groups is 1. The Morgan fingerprint density at radius 1 is 0.670 bits per heavy atom. The zero-order valence-corrected chi connectivity index (χ0v) is 66.3. The Balaban J connectivity index is 1.74. The number of urea groups is 1. The van der Waals surface area contributed by atoms with Gasteiger partial charge in [-0.1, -0.05) is 52.6 Å². The van der Waals surface area contributed by atoms with Crippen LogP contribution in [0.25, 0.3) is 0 Å². The molecule has 0 spiro atoms. The third-order valence-electron chi connectivity index (χ3n) is 19.8. The average molecular weight is 1720 g/mol. The van der Waals surface area contributed by atoms with Gasteiger partial charge in [-0.2, -0.15) is 0 Å². The van der Waals surface area contributed by atoms with E-state index in [1.54, 1.807) is 0 Å². The standard InChI is InChI=1S/C74H105IN14O21S2/c1-39(90)66-62(99)34-47(35-65(102)103)72(109)89-25-7-12-55(89)61(98)32-44(9-5-23-82-73(79)80)69(106)87-54-38-112-111-37-53(84-64(101)36-76)59(96)29-42(71(108)88-66)8-3-2-4-11-48(91)19-20-51(57(94)33-46(67(78)104)26-40-13-17-49(92)18-14-40)85-70(107)45(16-22-63(77)100)31-58(95)52(28-41-15-21-56(93)50(75)27-41)86-68(105)43(30-60(54)97)10-6-24-83-74(81)110/h13-15,17-18,21,27,39,42-47,51-55,66,90,92-93H,2-12,16,19-20,22-26,28-38,76H2,1H3,(H2,77,100)(H2,78,104)(H,84,101)(H,85,107)(H,86,105)(H,87,106)(H,88,108)(H,102,103)(H4,79,80,82)(H3,81,83,110)/t39-,42-,43-,44-,45-,46-,47+,51+,52+,53+,54+,55+,66+/m1/s1. The van der Waals surface area contributed by atoms with E-state index in [9.17, 15) is 82.8 Å². The minimum Gasteiger partial charge on any atom is -0.508 e. The zero-order valence-electron chi connectivity index (χ0n) is 62.5. The molecule has 2 bridgehead atoms. The van der Waals surface area contributed by atoms with Crippen LogP contribution in [0.15, 0.2) is 47.5 Å². The van der Waals surface area contributed by atoms with Crippen LogP contribution in [0.1, 0.15) is 159 Å². The van der Waals surface area contributed by atoms with Crippen LogP contribution >= 0.6 is 44.2 Å². The maximum Gasteiger partial charge on any atom is 0.312 e. The van der Waals surface area contributed by atoms with E-state index in [0.29, 0.717) is 14.7 Å². The summed E-state index contributed by atoms with van der Waals surface area (Å²) in [5.41, 5.74) is 34.7. The third kappa shape index (κ3) is 32.1. The Labute approximate surface area is 669 Å². The fourth-order valence-corrected chi connectivity index (χ4v) is 16.6. The molecular formula is C74H105IN14O21S2. The second-order valence-corrected chi connectivity index (χ2v) is 32.3. The van der Waals surface area contributed by atoms with Gasteiger partial charge in [0.15, 0.2) is 40.7 Å². The number of hydrogen-bond donors (Lipinski definition) is 16. The van der Waals surface area contributed by atoms with E-state index in [1.807, 2.05) is 22.6 Å². The minimum absolute atomic E-state index is 0.0321. The van der Waals surface area contributed by atoms with Crippen molar-refractivity contribution in [3.05, 3.63) is 57.2 Å². The number of primary amides is 3. The SMILES string of the molecule is C[C@@H](O)[C@@H]1NC(=O)[C@@H]2CCCCCC(=O)CC[C@@H](C(=O)C[C@@H](Cc3ccc(O)cc3)C(N)=O)NC(=O)[C@H](CCC(N)=O)CC(=O)[C@H](Cc3ccc(O)c(I)c3)NC(=O)[C@H](CCCNC(N)=O)CC(=O)[C@H](CSSC[C@H](NC(=O)CN)C(=O)C2)NC(=O)[C@H](CCCN=C(N)N)CC(=O)[C@@H]2CCCN2C(=O)[C@H](CC(=O)O)CC1=O. The van der Waals surface area contributed by atoms with Crippen molar-refractivity contribution in [2.75, 3.05) is 37.7 Å². The highest BCUT2D eigenvalue weighted by Gasteiger charge is 2.43. The van der Waals surface area contributed by atoms with Crippen LogP contribution in [-0.4, -0.2) is 211 Å². The number of nitrogens with two attached hydrogens (primary N) is 6. The van der Waals surface area contributed by atoms with Crippen molar-refractivity contribution in [1.29, 1.82) is 0 Å². The number of rotatable bonds is 24. The highest BCUT2D eigenvalue weighted by molar-refractivity contribution is 14.1. The number of ketones is 7. The number of aromatic hydroxyl groups is 2. The number of nitrogens with one attached hydrogen (secondary N) is 6. The first-order valence-corrected chi connectivity index (χ1v) is 40.9. The normalized spacial score (nSPS) is 24.7. The number of carboxylic acid groups (broad SMARTS) is 1. The molecular weight excluding hydrogens is 1610 g/mol. The summed E-state index contributed by atoms with van der Waals surface area (Å²) >= 11 is 1.83. The molecule has 3 saturated heterocycles. The van der Waals surface area contributed by atoms with Crippen LogP contribution < -0.4 is 66.3 Å². The largest absolute Gasteiger partial charge is 0.508 e. The van der Waals surface area contributed by atoms with Crippen molar-refractivity contribution in [3.8, 4) is 11.5 Å². The van der Waals surface area contributed by atoms with Gasteiger partial charge < -0.3 is 91.6 Å². The lowest BCUT2D eigenvalue weighted by Crippen LogP contribution is -2.52. The maximum atomic E-state index is 15.4. The lowest BCUT2D eigenvalue weighted by Gasteiger charge is -2.30. The topological polar surface area (TPSA) is 615 Å². The van der Waals surface area contributed by atoms with Crippen molar-refractivity contribution < 1.29 is 102 Å². The van der Waals surface area contributed by atoms with Gasteiger partial charge in [0.05, 0.1) is 58.8 Å². The summed E-state index contributed by atoms with van der Waals surface area (Å²) in [6.45, 7) is 0.215. The number of Topliss-reactive ketones (excluding diaryl/α,β-unsaturated/α-hetero) is 7. The highest BCUT2D eigenvalue weighted by atomic mass is 127. The smallest absolute Gasteiger partial charge is 0.312 e. The monoisotopic (exact) mass is 1720 g/mol. The summed E-state index contributed by atoms with van der Waals surface area (Å²) in [5.74, 6) is -24.1. The van der Waals surface area contributed by atoms with E-state index in [0.717, 1.165) is 33.4 Å². The lowest BCUT2D eigenvalue weighted by molar-refractivity contribution is -0.148. The molecule has 3 aliphatic rings. The molecule has 0 aromatic heterocycles. The first-order valence-electron chi connectivity index (χ1n) is 37.3. The van der Waals surface area contributed by atoms with Crippen LogP contribution in [0.5, 0.6) is 11.5 Å². The Morgan fingerprint density at radius 3 is 1.95 bits per heavy atom. The number of carboxylic acids is 1. The summed E-state index contributed by atoms with van der Waals surface area (Å²) < 4.78 is 0.315. The first kappa shape index (κ1) is 93.4. The highest BCUT2D eigenvalue weighted by Crippen LogP contribution is 2.32. The molecule has 2 aromatic rings. The van der Waals surface area contributed by atoms with Crippen molar-refractivity contribution in [3.63, 3.8) is 0 Å². The zero-order chi connectivity index (χ0) is 82.9. The quantitative estimate of drug-likeness (QED) is 0.0218.